The predicted molar refractivity (Wildman–Crippen MR) is 305 cm³/mol. The molecule has 0 aromatic heterocycles. The average molecular weight is 1020 g/mol. The number of carbonyl (C=O) groups excluding carboxylic acids is 2. The Bertz CT molecular complexity index is 2180. The number of carbonyl (C=O) groups is 2. The zero-order chi connectivity index (χ0) is 49.1. The molecule has 0 N–H and O–H groups in total. The molecule has 14 atom stereocenters. The molecular weight excluding hydrogens is 933 g/mol. The van der Waals surface area contributed by atoms with Crippen molar-refractivity contribution >= 4 is 70.0 Å². The fraction of sp³-hybridized carbons (Fsp3) is 0.710. The van der Waals surface area contributed by atoms with Crippen molar-refractivity contribution in [3.63, 3.8) is 0 Å². The molecule has 8 heteroatoms. The van der Waals surface area contributed by atoms with Gasteiger partial charge in [0, 0.05) is 83.2 Å². The summed E-state index contributed by atoms with van der Waals surface area (Å²) in [6, 6.07) is 20.0. The second-order valence-corrected chi connectivity index (χ2v) is 31.8. The summed E-state index contributed by atoms with van der Waals surface area (Å²) in [5.74, 6) is 13.3. The third-order valence-electron chi connectivity index (χ3n) is 21.5. The van der Waals surface area contributed by atoms with Gasteiger partial charge < -0.3 is 9.80 Å². The standard InChI is InChI=1S/2C31H43NOS2/c2*1-19(2)32(5)23-9-6-21(7-10-23)26-18-30(4)27(16-20(3)29(30)33)25-11-8-22-17-31(34-14-15-35-31)13-12-24(22)28(25)26/h2*6-7,9-10,17,19-20,24-28H,8,11-16,18H2,1-5H3/t20-,24+,25+,26-,27+,28-,30+;20-,24-,25-,26+,27-,28+,30-/m10/s1. The van der Waals surface area contributed by atoms with E-state index in [2.05, 4.69) is 187 Å². The zero-order valence-electron chi connectivity index (χ0n) is 44.5. The van der Waals surface area contributed by atoms with Crippen LogP contribution in [0.4, 0.5) is 11.4 Å². The van der Waals surface area contributed by atoms with Crippen LogP contribution in [0.3, 0.4) is 0 Å². The molecule has 2 spiro atoms. The van der Waals surface area contributed by atoms with Gasteiger partial charge in [-0.2, -0.15) is 0 Å². The fourth-order valence-corrected chi connectivity index (χ4v) is 24.1. The van der Waals surface area contributed by atoms with Gasteiger partial charge >= 0.3 is 0 Å². The molecule has 70 heavy (non-hydrogen) atoms. The van der Waals surface area contributed by atoms with Crippen molar-refractivity contribution in [2.24, 2.45) is 70.0 Å². The van der Waals surface area contributed by atoms with Crippen LogP contribution in [-0.4, -0.2) is 68.9 Å². The summed E-state index contributed by atoms with van der Waals surface area (Å²) >= 11 is 8.83. The predicted octanol–water partition coefficient (Wildman–Crippen LogP) is 15.6. The summed E-state index contributed by atoms with van der Waals surface area (Å²) in [6.45, 7) is 18.1. The normalized spacial score (nSPS) is 39.8. The van der Waals surface area contributed by atoms with Crippen molar-refractivity contribution in [2.45, 2.75) is 165 Å². The summed E-state index contributed by atoms with van der Waals surface area (Å²) < 4.78 is 0.747. The Morgan fingerprint density at radius 1 is 0.529 bits per heavy atom. The van der Waals surface area contributed by atoms with Gasteiger partial charge in [-0.1, -0.05) is 75.3 Å². The lowest BCUT2D eigenvalue weighted by atomic mass is 9.48. The number of thioether (sulfide) groups is 4. The second-order valence-electron chi connectivity index (χ2n) is 25.6. The zero-order valence-corrected chi connectivity index (χ0v) is 47.8. The Labute approximate surface area is 441 Å². The molecule has 4 nitrogen and oxygen atoms in total. The van der Waals surface area contributed by atoms with Crippen LogP contribution < -0.4 is 9.80 Å². The van der Waals surface area contributed by atoms with Gasteiger partial charge in [0.2, 0.25) is 0 Å². The van der Waals surface area contributed by atoms with Crippen LogP contribution in [0.15, 0.2) is 71.8 Å². The first kappa shape index (κ1) is 50.4. The molecule has 12 rings (SSSR count). The molecule has 2 heterocycles. The fourth-order valence-electron chi connectivity index (χ4n) is 17.7. The van der Waals surface area contributed by atoms with E-state index in [0.717, 1.165) is 37.5 Å². The van der Waals surface area contributed by atoms with Gasteiger partial charge in [-0.3, -0.25) is 9.59 Å². The van der Waals surface area contributed by atoms with Gasteiger partial charge in [0.15, 0.2) is 0 Å². The molecule has 8 aliphatic carbocycles. The highest BCUT2D eigenvalue weighted by molar-refractivity contribution is 8.22. The molecule has 2 aromatic carbocycles. The van der Waals surface area contributed by atoms with E-state index >= 15 is 0 Å². The highest BCUT2D eigenvalue weighted by Crippen LogP contribution is 2.69. The first-order valence-corrected chi connectivity index (χ1v) is 32.1. The Kier molecular flexibility index (Phi) is 13.8. The van der Waals surface area contributed by atoms with E-state index in [1.54, 1.807) is 11.1 Å². The monoisotopic (exact) mass is 1020 g/mol. The largest absolute Gasteiger partial charge is 0.372 e. The number of anilines is 2. The van der Waals surface area contributed by atoms with Gasteiger partial charge in [0.05, 0.1) is 8.16 Å². The van der Waals surface area contributed by atoms with Gasteiger partial charge in [-0.15, -0.1) is 47.0 Å². The van der Waals surface area contributed by atoms with E-state index in [9.17, 15) is 9.59 Å². The minimum absolute atomic E-state index is 0.132. The van der Waals surface area contributed by atoms with E-state index in [4.69, 9.17) is 0 Å². The first-order valence-electron chi connectivity index (χ1n) is 28.2. The maximum atomic E-state index is 13.6. The minimum Gasteiger partial charge on any atom is -0.372 e. The number of ketones is 2. The van der Waals surface area contributed by atoms with Crippen LogP contribution in [0.25, 0.3) is 0 Å². The van der Waals surface area contributed by atoms with Crippen LogP contribution in [0.1, 0.15) is 155 Å². The van der Waals surface area contributed by atoms with E-state index in [1.165, 1.54) is 96.9 Å². The molecule has 8 fully saturated rings. The SMILES string of the molecule is CC(C)N(C)c1ccc([C@H]2C[C@]3(C)C(=O)[C@@H](C)C[C@H]3[C@@H]3CCC4=CC5(CC[C@@H]4[C@H]32)SCCS5)cc1.CC(C)N(C)c1ccc([C@H]2C[C@]3(C)C(=O)[C@H](C)C[C@H]3[C@@H]3CCC4=CC5(CC[C@@H]4[C@H]32)SCCS5)cc1. The molecule has 2 aromatic rings. The summed E-state index contributed by atoms with van der Waals surface area (Å²) in [5, 5.41) is 0. The van der Waals surface area contributed by atoms with Crippen LogP contribution in [0.2, 0.25) is 0 Å². The molecule has 0 amide bonds. The van der Waals surface area contributed by atoms with Gasteiger partial charge in [-0.25, -0.2) is 0 Å². The Hall–Kier alpha value is -1.74. The van der Waals surface area contributed by atoms with Crippen LogP contribution in [0, 0.1) is 70.0 Å². The van der Waals surface area contributed by atoms with Gasteiger partial charge in [-0.05, 0) is 199 Å². The molecule has 10 aliphatic rings. The molecule has 0 radical (unpaired) electrons. The number of nitrogens with zero attached hydrogens (tertiary/aromatic N) is 2. The summed E-state index contributed by atoms with van der Waals surface area (Å²) in [5.41, 5.74) is 8.86. The summed E-state index contributed by atoms with van der Waals surface area (Å²) in [6.07, 6.45) is 20.4. The third-order valence-corrected chi connectivity index (χ3v) is 28.3. The van der Waals surface area contributed by atoms with Crippen molar-refractivity contribution in [3.8, 4) is 0 Å². The number of hydrogen-bond donors (Lipinski definition) is 0. The first-order chi connectivity index (χ1) is 33.4. The number of rotatable bonds is 6. The number of Topliss-reactive ketones (excluding diaryl/α,β-unsaturated/α-hetero) is 2. The molecule has 380 valence electrons. The second kappa shape index (κ2) is 19.1. The van der Waals surface area contributed by atoms with E-state index < -0.39 is 0 Å². The number of allylic oxidation sites excluding steroid dienone is 2. The quantitative estimate of drug-likeness (QED) is 0.265. The average Bonchev–Trinajstić information content (AvgIpc) is 4.12. The highest BCUT2D eigenvalue weighted by Gasteiger charge is 2.63. The summed E-state index contributed by atoms with van der Waals surface area (Å²) in [7, 11) is 4.38. The lowest BCUT2D eigenvalue weighted by Crippen LogP contribution is -2.50. The van der Waals surface area contributed by atoms with Crippen LogP contribution in [-0.2, 0) is 9.59 Å². The van der Waals surface area contributed by atoms with Crippen LogP contribution in [0.5, 0.6) is 0 Å². The minimum atomic E-state index is -0.132. The number of hydrogen-bond acceptors (Lipinski definition) is 8. The Morgan fingerprint density at radius 3 is 1.23 bits per heavy atom. The number of fused-ring (bicyclic) bond motifs is 10. The Balaban J connectivity index is 0.000000152. The molecule has 0 unspecified atom stereocenters. The molecular formula is C62H86N2O2S4. The van der Waals surface area contributed by atoms with E-state index in [0.29, 0.717) is 79.2 Å². The number of benzene rings is 2. The van der Waals surface area contributed by atoms with Gasteiger partial charge in [0.25, 0.3) is 0 Å². The maximum Gasteiger partial charge on any atom is 0.141 e. The highest BCUT2D eigenvalue weighted by atomic mass is 32.2. The third kappa shape index (κ3) is 8.49. The van der Waals surface area contributed by atoms with E-state index in [1.807, 2.05) is 0 Å². The van der Waals surface area contributed by atoms with Crippen molar-refractivity contribution in [1.29, 1.82) is 0 Å². The lowest BCUT2D eigenvalue weighted by Gasteiger charge is -2.56. The molecule has 6 saturated carbocycles. The van der Waals surface area contributed by atoms with Crippen LogP contribution >= 0.6 is 47.0 Å². The topological polar surface area (TPSA) is 40.6 Å². The summed E-state index contributed by atoms with van der Waals surface area (Å²) in [4.78, 5) is 31.8. The van der Waals surface area contributed by atoms with Gasteiger partial charge in [0.1, 0.15) is 11.6 Å². The Morgan fingerprint density at radius 2 is 0.886 bits per heavy atom. The maximum absolute atomic E-state index is 13.6. The van der Waals surface area contributed by atoms with Crippen molar-refractivity contribution in [1.82, 2.24) is 0 Å². The smallest absolute Gasteiger partial charge is 0.141 e. The lowest BCUT2D eigenvalue weighted by molar-refractivity contribution is -0.134. The van der Waals surface area contributed by atoms with Crippen molar-refractivity contribution < 1.29 is 9.59 Å². The molecule has 2 aliphatic heterocycles. The van der Waals surface area contributed by atoms with Crippen molar-refractivity contribution in [3.05, 3.63) is 83.0 Å². The van der Waals surface area contributed by atoms with E-state index in [-0.39, 0.29) is 22.7 Å². The molecule has 2 saturated heterocycles. The molecule has 0 bridgehead atoms. The van der Waals surface area contributed by atoms with Crippen molar-refractivity contribution in [2.75, 3.05) is 46.9 Å².